The number of nitrogens with zero attached hydrogens (tertiary/aromatic N) is 7. The van der Waals surface area contributed by atoms with Crippen molar-refractivity contribution >= 4 is 73.1 Å². The van der Waals surface area contributed by atoms with Crippen LogP contribution in [-0.2, 0) is 21.9 Å². The van der Waals surface area contributed by atoms with Crippen LogP contribution in [0.2, 0.25) is 0 Å². The van der Waals surface area contributed by atoms with Gasteiger partial charge >= 0.3 is 0 Å². The number of phenolic OH excluding ortho intramolecular Hbond substituents is 2. The van der Waals surface area contributed by atoms with Crippen LogP contribution in [0.3, 0.4) is 0 Å². The van der Waals surface area contributed by atoms with E-state index < -0.39 is 0 Å². The molecule has 1 aromatic heterocycles. The fourth-order valence-corrected chi connectivity index (χ4v) is 2.84. The number of hydrogen-bond donors (Lipinski definition) is 4. The van der Waals surface area contributed by atoms with Gasteiger partial charge in [0.05, 0.1) is 5.69 Å². The molecule has 0 fully saturated rings. The molecule has 241 valence electrons. The zero-order valence-electron chi connectivity index (χ0n) is 25.2. The molecule has 0 aliphatic heterocycles. The summed E-state index contributed by atoms with van der Waals surface area (Å²) in [7, 11) is 5.58. The first-order valence-corrected chi connectivity index (χ1v) is 19.0. The Bertz CT molecular complexity index is 1400. The minimum absolute atomic E-state index is 0. The molecule has 0 spiro atoms. The van der Waals surface area contributed by atoms with Gasteiger partial charge in [-0.3, -0.25) is 5.43 Å². The van der Waals surface area contributed by atoms with E-state index in [1.165, 1.54) is 6.07 Å². The second kappa shape index (κ2) is 26.0. The van der Waals surface area contributed by atoms with E-state index in [0.717, 1.165) is 11.4 Å². The van der Waals surface area contributed by atoms with Crippen LogP contribution in [0.5, 0.6) is 11.5 Å². The topological polar surface area (TPSA) is 161 Å². The summed E-state index contributed by atoms with van der Waals surface area (Å²) in [6.45, 7) is 7.84. The van der Waals surface area contributed by atoms with Gasteiger partial charge < -0.3 is 25.2 Å². The van der Waals surface area contributed by atoms with Crippen molar-refractivity contribution in [2.45, 2.75) is 20.8 Å². The molecule has 0 aliphatic carbocycles. The molecular weight excluding hydrogens is 840 g/mol. The van der Waals surface area contributed by atoms with E-state index in [1.54, 1.807) is 49.5 Å². The summed E-state index contributed by atoms with van der Waals surface area (Å²) in [6, 6.07) is 22.7. The number of rotatable bonds is 6. The predicted octanol–water partition coefficient (Wildman–Crippen LogP) is 7.55. The van der Waals surface area contributed by atoms with Crippen molar-refractivity contribution in [3.8, 4) is 11.5 Å². The number of aromatic hydroxyl groups is 2. The van der Waals surface area contributed by atoms with Gasteiger partial charge in [0.2, 0.25) is 17.7 Å². The van der Waals surface area contributed by atoms with E-state index in [2.05, 4.69) is 78.3 Å². The van der Waals surface area contributed by atoms with Gasteiger partial charge in [-0.25, -0.2) is 0 Å². The molecule has 1 heterocycles. The van der Waals surface area contributed by atoms with E-state index in [0.29, 0.717) is 29.1 Å². The molecule has 3 aromatic carbocycles. The van der Waals surface area contributed by atoms with Gasteiger partial charge in [-0.2, -0.15) is 20.1 Å². The quantitative estimate of drug-likeness (QED) is 0.0292. The van der Waals surface area contributed by atoms with Crippen molar-refractivity contribution in [1.29, 1.82) is 0 Å². The molecule has 1 radical (unpaired) electrons. The number of nitrogens with one attached hydrogen (secondary N) is 2. The van der Waals surface area contributed by atoms with Gasteiger partial charge in [0.1, 0.15) is 29.8 Å². The van der Waals surface area contributed by atoms with Crippen molar-refractivity contribution in [2.75, 3.05) is 36.8 Å². The average molecular weight is 877 g/mol. The van der Waals surface area contributed by atoms with Crippen LogP contribution >= 0.6 is 37.2 Å². The van der Waals surface area contributed by atoms with Crippen LogP contribution in [-0.4, -0.2) is 58.9 Å². The Morgan fingerprint density at radius 3 is 1.93 bits per heavy atom. The third kappa shape index (κ3) is 15.9. The molecule has 0 saturated carbocycles. The Morgan fingerprint density at radius 1 is 0.841 bits per heavy atom. The molecule has 15 heteroatoms. The first kappa shape index (κ1) is 42.7. The van der Waals surface area contributed by atoms with Crippen LogP contribution in [0.15, 0.2) is 94.2 Å². The maximum absolute atomic E-state index is 9.82. The molecule has 0 amide bonds. The Morgan fingerprint density at radius 2 is 1.39 bits per heavy atom. The van der Waals surface area contributed by atoms with Gasteiger partial charge in [-0.15, -0.1) is 10.2 Å². The number of benzene rings is 3. The number of aromatic nitrogens is 3. The minimum Gasteiger partial charge on any atom is -0.506 e. The molecule has 0 saturated heterocycles. The predicted molar refractivity (Wildman–Crippen MR) is 192 cm³/mol. The molecule has 12 nitrogen and oxygen atoms in total. The number of amidine groups is 1. The van der Waals surface area contributed by atoms with E-state index >= 15 is 0 Å². The zero-order chi connectivity index (χ0) is 32.6. The van der Waals surface area contributed by atoms with E-state index in [9.17, 15) is 10.2 Å². The fraction of sp³-hybridized carbons (Fsp3) is 0.207. The van der Waals surface area contributed by atoms with Gasteiger partial charge in [0.15, 0.2) is 0 Å². The summed E-state index contributed by atoms with van der Waals surface area (Å²) >= 11 is 4.24. The number of aryl methyl sites for hydroxylation is 1. The van der Waals surface area contributed by atoms with Crippen molar-refractivity contribution < 1.29 is 32.1 Å². The molecule has 0 atom stereocenters. The van der Waals surface area contributed by atoms with Gasteiger partial charge in [0.25, 0.3) is 0 Å². The summed E-state index contributed by atoms with van der Waals surface area (Å²) in [5.74, 6) is 2.42. The fourth-order valence-electron chi connectivity index (χ4n) is 2.84. The van der Waals surface area contributed by atoms with E-state index in [1.807, 2.05) is 76.9 Å². The van der Waals surface area contributed by atoms with Crippen LogP contribution in [0, 0.1) is 6.92 Å². The first-order chi connectivity index (χ1) is 20.9. The van der Waals surface area contributed by atoms with Gasteiger partial charge in [-0.05, 0) is 31.2 Å². The normalized spacial score (nSPS) is 9.59. The number of carbonyl (C=O) groups excluding carboxylic acids is 1. The summed E-state index contributed by atoms with van der Waals surface area (Å²) in [6.07, 6.45) is 0. The number of para-hydroxylation sites is 3. The first-order valence-electron chi connectivity index (χ1n) is 12.7. The maximum atomic E-state index is 9.82. The smallest absolute Gasteiger partial charge is 0.229 e. The second-order valence-electron chi connectivity index (χ2n) is 7.77. The Balaban J connectivity index is 0. The van der Waals surface area contributed by atoms with E-state index in [4.69, 9.17) is 4.79 Å². The van der Waals surface area contributed by atoms with Crippen molar-refractivity contribution in [2.24, 2.45) is 15.3 Å². The van der Waals surface area contributed by atoms with Crippen LogP contribution in [0.4, 0.5) is 23.3 Å². The number of carbonyl (C=O) groups is 1. The largest absolute Gasteiger partial charge is 0.506 e. The van der Waals surface area contributed by atoms with Crippen molar-refractivity contribution in [3.05, 3.63) is 90.3 Å². The van der Waals surface area contributed by atoms with Crippen molar-refractivity contribution in [3.63, 3.8) is 0 Å². The third-order valence-corrected chi connectivity index (χ3v) is 4.71. The average Bonchev–Trinajstić information content (AvgIpc) is 3.06. The van der Waals surface area contributed by atoms with Crippen molar-refractivity contribution in [1.82, 2.24) is 15.0 Å². The maximum Gasteiger partial charge on any atom is 0.229 e. The molecule has 0 unspecified atom stereocenters. The van der Waals surface area contributed by atoms with E-state index in [-0.39, 0.29) is 28.6 Å². The number of halogens is 2. The summed E-state index contributed by atoms with van der Waals surface area (Å²) in [4.78, 5) is 22.2. The molecule has 4 aromatic rings. The minimum atomic E-state index is 0. The van der Waals surface area contributed by atoms with Gasteiger partial charge in [-0.1, -0.05) is 68.4 Å². The molecule has 4 N–H and O–H groups in total. The molecule has 0 bridgehead atoms. The number of azo groups is 1. The monoisotopic (exact) mass is 876 g/mol. The Labute approximate surface area is 292 Å². The van der Waals surface area contributed by atoms with Gasteiger partial charge in [0, 0.05) is 81.0 Å². The zero-order valence-corrected chi connectivity index (χ0v) is 30.5. The van der Waals surface area contributed by atoms with Crippen LogP contribution in [0.1, 0.15) is 25.2 Å². The number of hydrazone groups is 1. The summed E-state index contributed by atoms with van der Waals surface area (Å²) in [5, 5.41) is 34.9. The summed E-state index contributed by atoms with van der Waals surface area (Å²) in [5.41, 5.74) is 4.32. The standard InChI is InChI=1S/C19H16N4O2.C7H13N5.C2H6.CH2O.Cu.I2/c24-17-12-6-4-10-15(17)20-22-19(14-8-2-1-3-9-14)23-21-16-11-5-7-13-18(16)25;1-5-9-6(8-2)11-7(10-5)12(3)4;2*1-2;;1-2/h1-13,20,24-25H;1-4H3,(H,8,9,10,11);1-2H3;1H2;;. The number of hydrogen-bond acceptors (Lipinski definition) is 11. The molecular formula is C29H37CuI2N9O3. The molecule has 0 aliphatic rings. The third-order valence-electron chi connectivity index (χ3n) is 4.71. The Kier molecular flexibility index (Phi) is 25.3. The molecule has 44 heavy (non-hydrogen) atoms. The SMILES string of the molecule is C=O.CC.CNc1nc(C)nc(N(C)C)n1.II.Oc1ccccc1N=NC(=NNc1ccccc1O)c1ccccc1.[Cu]. The summed E-state index contributed by atoms with van der Waals surface area (Å²) < 4.78 is 0. The number of phenols is 2. The number of anilines is 3. The Hall–Kier alpha value is -3.41. The molecule has 4 rings (SSSR count). The van der Waals surface area contributed by atoms with Crippen LogP contribution < -0.4 is 15.6 Å². The van der Waals surface area contributed by atoms with Crippen LogP contribution in [0.25, 0.3) is 0 Å². The second-order valence-corrected chi connectivity index (χ2v) is 7.77.